The van der Waals surface area contributed by atoms with Crippen LogP contribution in [0.3, 0.4) is 0 Å². The number of benzene rings is 2. The molecule has 0 radical (unpaired) electrons. The molecule has 186 valence electrons. The molecule has 5 aliphatic rings. The SMILES string of the molecule is O=C(Nc1cc(C(F)(F)F)ccc1Cl)[C@H](Cc1ccccc1)N1C(=O)[C@@H]2[C@H]3C=C[C@@H]([C@@H]4C[C@H]34)[C@H]2C1=O. The first-order chi connectivity index (χ1) is 17.1. The third-order valence-corrected chi connectivity index (χ3v) is 8.46. The quantitative estimate of drug-likeness (QED) is 0.453. The molecule has 2 saturated carbocycles. The van der Waals surface area contributed by atoms with Gasteiger partial charge in [0.2, 0.25) is 17.7 Å². The van der Waals surface area contributed by atoms with Crippen LogP contribution in [0, 0.1) is 35.5 Å². The fourth-order valence-corrected chi connectivity index (χ4v) is 6.60. The van der Waals surface area contributed by atoms with E-state index in [1.807, 2.05) is 12.2 Å². The molecule has 2 aromatic rings. The van der Waals surface area contributed by atoms with Gasteiger partial charge in [0.05, 0.1) is 28.1 Å². The number of alkyl halides is 3. The highest BCUT2D eigenvalue weighted by Crippen LogP contribution is 2.65. The Bertz CT molecular complexity index is 1260. The average Bonchev–Trinajstić information content (AvgIpc) is 3.62. The van der Waals surface area contributed by atoms with Crippen LogP contribution in [-0.2, 0) is 27.0 Å². The lowest BCUT2D eigenvalue weighted by Crippen LogP contribution is -2.49. The first-order valence-corrected chi connectivity index (χ1v) is 12.3. The monoisotopic (exact) mass is 514 g/mol. The fraction of sp³-hybridized carbons (Fsp3) is 0.370. The maximum Gasteiger partial charge on any atom is 0.416 e. The van der Waals surface area contributed by atoms with Crippen molar-refractivity contribution in [2.45, 2.75) is 25.1 Å². The van der Waals surface area contributed by atoms with E-state index >= 15 is 0 Å². The van der Waals surface area contributed by atoms with Crippen LogP contribution < -0.4 is 5.32 Å². The molecule has 2 bridgehead atoms. The summed E-state index contributed by atoms with van der Waals surface area (Å²) in [5.74, 6) is -1.69. The predicted molar refractivity (Wildman–Crippen MR) is 126 cm³/mol. The molecule has 0 unspecified atom stereocenters. The van der Waals surface area contributed by atoms with E-state index in [1.54, 1.807) is 30.3 Å². The van der Waals surface area contributed by atoms with Crippen molar-refractivity contribution in [2.75, 3.05) is 5.32 Å². The highest BCUT2D eigenvalue weighted by atomic mass is 35.5. The third-order valence-electron chi connectivity index (χ3n) is 8.13. The Kier molecular flexibility index (Phi) is 5.30. The summed E-state index contributed by atoms with van der Waals surface area (Å²) in [6.07, 6.45) is 0.511. The van der Waals surface area contributed by atoms with E-state index in [4.69, 9.17) is 11.6 Å². The Morgan fingerprint density at radius 2 is 1.61 bits per heavy atom. The van der Waals surface area contributed by atoms with Gasteiger partial charge in [-0.1, -0.05) is 54.1 Å². The standard InChI is InChI=1S/C27H22ClF3N2O3/c28-19-9-6-14(27(29,30)31)11-20(19)32-24(34)21(10-13-4-2-1-3-5-13)33-25(35)22-15-7-8-16(18-12-17(15)18)23(22)26(33)36/h1-9,11,15-18,21-23H,10,12H2,(H,32,34)/t15-,16-,17-,18+,21-,22+,23+/m0/s1. The van der Waals surface area contributed by atoms with Crippen LogP contribution in [-0.4, -0.2) is 28.7 Å². The highest BCUT2D eigenvalue weighted by Gasteiger charge is 2.67. The molecule has 9 heteroatoms. The van der Waals surface area contributed by atoms with Gasteiger partial charge in [0.15, 0.2) is 0 Å². The minimum Gasteiger partial charge on any atom is -0.323 e. The molecular weight excluding hydrogens is 493 g/mol. The van der Waals surface area contributed by atoms with Gasteiger partial charge in [0.1, 0.15) is 6.04 Å². The summed E-state index contributed by atoms with van der Waals surface area (Å²) in [5.41, 5.74) is -0.482. The van der Waals surface area contributed by atoms with E-state index in [-0.39, 0.29) is 40.8 Å². The van der Waals surface area contributed by atoms with Crippen molar-refractivity contribution in [2.24, 2.45) is 35.5 Å². The number of carbonyl (C=O) groups excluding carboxylic acids is 3. The number of amides is 3. The molecule has 1 aliphatic heterocycles. The second-order valence-corrected chi connectivity index (χ2v) is 10.5. The minimum atomic E-state index is -4.63. The molecule has 4 aliphatic carbocycles. The van der Waals surface area contributed by atoms with Crippen LogP contribution in [0.2, 0.25) is 5.02 Å². The van der Waals surface area contributed by atoms with Crippen LogP contribution in [0.15, 0.2) is 60.7 Å². The second kappa shape index (κ2) is 8.20. The number of halogens is 4. The molecular formula is C27H22ClF3N2O3. The summed E-state index contributed by atoms with van der Waals surface area (Å²) in [6.45, 7) is 0. The van der Waals surface area contributed by atoms with Crippen LogP contribution in [0.4, 0.5) is 18.9 Å². The third kappa shape index (κ3) is 3.65. The fourth-order valence-electron chi connectivity index (χ4n) is 6.44. The second-order valence-electron chi connectivity index (χ2n) is 10.1. The smallest absolute Gasteiger partial charge is 0.323 e. The minimum absolute atomic E-state index is 0.00945. The number of hydrogen-bond donors (Lipinski definition) is 1. The highest BCUT2D eigenvalue weighted by molar-refractivity contribution is 6.33. The Morgan fingerprint density at radius 3 is 2.19 bits per heavy atom. The molecule has 36 heavy (non-hydrogen) atoms. The lowest BCUT2D eigenvalue weighted by Gasteiger charge is -2.37. The molecule has 7 atom stereocenters. The number of anilines is 1. The van der Waals surface area contributed by atoms with E-state index in [1.165, 1.54) is 0 Å². The van der Waals surface area contributed by atoms with Gasteiger partial charge < -0.3 is 5.32 Å². The van der Waals surface area contributed by atoms with Gasteiger partial charge in [-0.25, -0.2) is 0 Å². The summed E-state index contributed by atoms with van der Waals surface area (Å²) in [6, 6.07) is 10.3. The normalized spacial score (nSPS) is 30.7. The maximum atomic E-state index is 13.7. The largest absolute Gasteiger partial charge is 0.416 e. The summed E-state index contributed by atoms with van der Waals surface area (Å²) in [5, 5.41) is 2.39. The lowest BCUT2D eigenvalue weighted by molar-refractivity contribution is -0.146. The molecule has 5 nitrogen and oxygen atoms in total. The van der Waals surface area contributed by atoms with Crippen molar-refractivity contribution < 1.29 is 27.6 Å². The van der Waals surface area contributed by atoms with Gasteiger partial charge in [0.25, 0.3) is 0 Å². The van der Waals surface area contributed by atoms with Crippen molar-refractivity contribution >= 4 is 35.0 Å². The maximum absolute atomic E-state index is 13.7. The average molecular weight is 515 g/mol. The van der Waals surface area contributed by atoms with E-state index in [9.17, 15) is 27.6 Å². The molecule has 7 rings (SSSR count). The van der Waals surface area contributed by atoms with Crippen LogP contribution in [0.25, 0.3) is 0 Å². The Labute approximate surface area is 210 Å². The van der Waals surface area contributed by atoms with Gasteiger partial charge >= 0.3 is 6.18 Å². The van der Waals surface area contributed by atoms with Crippen molar-refractivity contribution in [1.82, 2.24) is 4.90 Å². The predicted octanol–water partition coefficient (Wildman–Crippen LogP) is 4.96. The molecule has 3 fully saturated rings. The Hall–Kier alpha value is -3.13. The van der Waals surface area contributed by atoms with E-state index in [2.05, 4.69) is 5.32 Å². The van der Waals surface area contributed by atoms with Crippen molar-refractivity contribution in [3.63, 3.8) is 0 Å². The lowest BCUT2D eigenvalue weighted by atomic mass is 9.63. The molecule has 1 heterocycles. The molecule has 0 spiro atoms. The Morgan fingerprint density at radius 1 is 1.00 bits per heavy atom. The Balaban J connectivity index is 1.34. The van der Waals surface area contributed by atoms with Crippen molar-refractivity contribution in [3.8, 4) is 0 Å². The summed E-state index contributed by atoms with van der Waals surface area (Å²) >= 11 is 6.10. The summed E-state index contributed by atoms with van der Waals surface area (Å²) in [7, 11) is 0. The summed E-state index contributed by atoms with van der Waals surface area (Å²) < 4.78 is 39.8. The zero-order chi connectivity index (χ0) is 25.4. The number of imide groups is 1. The van der Waals surface area contributed by atoms with Gasteiger partial charge in [-0.2, -0.15) is 13.2 Å². The number of allylic oxidation sites excluding steroid dienone is 2. The number of nitrogens with one attached hydrogen (secondary N) is 1. The molecule has 1 N–H and O–H groups in total. The van der Waals surface area contributed by atoms with E-state index < -0.39 is 35.5 Å². The number of hydrogen-bond acceptors (Lipinski definition) is 3. The molecule has 2 aromatic carbocycles. The number of rotatable bonds is 5. The number of likely N-dealkylation sites (tertiary alicyclic amines) is 1. The van der Waals surface area contributed by atoms with E-state index in [0.717, 1.165) is 29.5 Å². The summed E-state index contributed by atoms with van der Waals surface area (Å²) in [4.78, 5) is 41.9. The first kappa shape index (κ1) is 23.3. The van der Waals surface area contributed by atoms with Crippen LogP contribution >= 0.6 is 11.6 Å². The number of nitrogens with zero attached hydrogens (tertiary/aromatic N) is 1. The van der Waals surface area contributed by atoms with Gasteiger partial charge in [-0.15, -0.1) is 0 Å². The topological polar surface area (TPSA) is 66.5 Å². The van der Waals surface area contributed by atoms with Gasteiger partial charge in [0, 0.05) is 6.42 Å². The van der Waals surface area contributed by atoms with Crippen LogP contribution in [0.1, 0.15) is 17.5 Å². The van der Waals surface area contributed by atoms with Gasteiger partial charge in [-0.3, -0.25) is 19.3 Å². The number of carbonyl (C=O) groups is 3. The van der Waals surface area contributed by atoms with Crippen molar-refractivity contribution in [1.29, 1.82) is 0 Å². The zero-order valence-corrected chi connectivity index (χ0v) is 19.7. The molecule has 0 aromatic heterocycles. The van der Waals surface area contributed by atoms with Crippen LogP contribution in [0.5, 0.6) is 0 Å². The molecule has 3 amide bonds. The van der Waals surface area contributed by atoms with Crippen molar-refractivity contribution in [3.05, 3.63) is 76.8 Å². The van der Waals surface area contributed by atoms with Gasteiger partial charge in [-0.05, 0) is 53.9 Å². The molecule has 1 saturated heterocycles. The first-order valence-electron chi connectivity index (χ1n) is 11.9. The zero-order valence-electron chi connectivity index (χ0n) is 18.9. The van der Waals surface area contributed by atoms with E-state index in [0.29, 0.717) is 17.4 Å².